The third-order valence-corrected chi connectivity index (χ3v) is 3.73. The number of hydrogen-bond donors (Lipinski definition) is 2. The molecule has 2 aromatic rings. The van der Waals surface area contributed by atoms with Crippen molar-refractivity contribution in [2.75, 3.05) is 19.0 Å². The van der Waals surface area contributed by atoms with Crippen LogP contribution in [0.3, 0.4) is 0 Å². The fraction of sp³-hybridized carbons (Fsp3) is 0.375. The first kappa shape index (κ1) is 17.1. The van der Waals surface area contributed by atoms with E-state index in [0.29, 0.717) is 23.3 Å². The van der Waals surface area contributed by atoms with E-state index in [2.05, 4.69) is 19.9 Å². The second kappa shape index (κ2) is 8.43. The third kappa shape index (κ3) is 5.17. The van der Waals surface area contributed by atoms with Crippen molar-refractivity contribution in [3.8, 4) is 5.75 Å². The minimum Gasteiger partial charge on any atom is -0.495 e. The molecule has 0 saturated heterocycles. The Morgan fingerprint density at radius 3 is 2.91 bits per heavy atom. The number of aliphatic imine (C=N–C) groups is 1. The van der Waals surface area contributed by atoms with Crippen molar-refractivity contribution in [1.82, 2.24) is 9.55 Å². The summed E-state index contributed by atoms with van der Waals surface area (Å²) in [5.41, 5.74) is 6.66. The lowest BCUT2D eigenvalue weighted by atomic mass is 10.3. The summed E-state index contributed by atoms with van der Waals surface area (Å²) in [5, 5.41) is 3.55. The molecule has 0 unspecified atom stereocenters. The number of ether oxygens (including phenoxy) is 1. The molecule has 0 spiro atoms. The van der Waals surface area contributed by atoms with Gasteiger partial charge in [-0.15, -0.1) is 0 Å². The van der Waals surface area contributed by atoms with Crippen LogP contribution in [0.4, 0.5) is 5.69 Å². The summed E-state index contributed by atoms with van der Waals surface area (Å²) in [4.78, 5) is 8.51. The van der Waals surface area contributed by atoms with Crippen LogP contribution >= 0.6 is 11.6 Å². The molecule has 23 heavy (non-hydrogen) atoms. The maximum absolute atomic E-state index is 6.07. The van der Waals surface area contributed by atoms with Gasteiger partial charge in [-0.3, -0.25) is 4.99 Å². The maximum atomic E-state index is 6.07. The highest BCUT2D eigenvalue weighted by atomic mass is 35.5. The van der Waals surface area contributed by atoms with E-state index in [4.69, 9.17) is 22.1 Å². The molecule has 0 bridgehead atoms. The molecule has 2 rings (SSSR count). The highest BCUT2D eigenvalue weighted by Crippen LogP contribution is 2.26. The number of rotatable bonds is 7. The smallest absolute Gasteiger partial charge is 0.193 e. The number of hydrogen-bond acceptors (Lipinski definition) is 3. The molecule has 1 aromatic carbocycles. The minimum absolute atomic E-state index is 0.380. The Morgan fingerprint density at radius 1 is 1.43 bits per heavy atom. The van der Waals surface area contributed by atoms with Crippen molar-refractivity contribution >= 4 is 23.2 Å². The predicted octanol–water partition coefficient (Wildman–Crippen LogP) is 3.06. The number of nitrogens with one attached hydrogen (secondary N) is 1. The van der Waals surface area contributed by atoms with Crippen LogP contribution in [0, 0.1) is 6.92 Å². The Hall–Kier alpha value is -2.21. The predicted molar refractivity (Wildman–Crippen MR) is 94.3 cm³/mol. The summed E-state index contributed by atoms with van der Waals surface area (Å²) in [7, 11) is 1.58. The van der Waals surface area contributed by atoms with Crippen molar-refractivity contribution in [3.63, 3.8) is 0 Å². The monoisotopic (exact) mass is 335 g/mol. The summed E-state index contributed by atoms with van der Waals surface area (Å²) in [6, 6.07) is 5.38. The van der Waals surface area contributed by atoms with Crippen molar-refractivity contribution in [2.45, 2.75) is 26.3 Å². The molecule has 3 N–H and O–H groups in total. The zero-order chi connectivity index (χ0) is 16.7. The molecule has 0 fully saturated rings. The van der Waals surface area contributed by atoms with Crippen molar-refractivity contribution in [3.05, 3.63) is 41.4 Å². The number of imidazole rings is 1. The minimum atomic E-state index is 0.380. The van der Waals surface area contributed by atoms with Crippen LogP contribution in [0.2, 0.25) is 5.02 Å². The summed E-state index contributed by atoms with van der Waals surface area (Å²) in [6.45, 7) is 3.62. The second-order valence-corrected chi connectivity index (χ2v) is 5.52. The van der Waals surface area contributed by atoms with Crippen molar-refractivity contribution < 1.29 is 4.74 Å². The topological polar surface area (TPSA) is 77.5 Å². The van der Waals surface area contributed by atoms with E-state index in [9.17, 15) is 0 Å². The van der Waals surface area contributed by atoms with Gasteiger partial charge in [0.05, 0.1) is 12.1 Å². The van der Waals surface area contributed by atoms with Crippen LogP contribution in [0.25, 0.3) is 0 Å². The van der Waals surface area contributed by atoms with Crippen molar-refractivity contribution in [2.24, 2.45) is 10.7 Å². The van der Waals surface area contributed by atoms with E-state index in [1.165, 1.54) is 0 Å². The van der Waals surface area contributed by atoms with Crippen LogP contribution in [-0.2, 0) is 6.54 Å². The molecule has 124 valence electrons. The molecule has 0 saturated carbocycles. The maximum Gasteiger partial charge on any atom is 0.193 e. The molecule has 0 aliphatic heterocycles. The van der Waals surface area contributed by atoms with Crippen LogP contribution < -0.4 is 15.8 Å². The number of anilines is 1. The molecule has 0 amide bonds. The number of methoxy groups -OCH3 is 1. The van der Waals surface area contributed by atoms with E-state index in [-0.39, 0.29) is 0 Å². The molecule has 0 aliphatic rings. The molecule has 0 aliphatic carbocycles. The van der Waals surface area contributed by atoms with E-state index >= 15 is 0 Å². The van der Waals surface area contributed by atoms with Gasteiger partial charge in [0.2, 0.25) is 0 Å². The first-order chi connectivity index (χ1) is 11.1. The average molecular weight is 336 g/mol. The highest BCUT2D eigenvalue weighted by molar-refractivity contribution is 6.32. The van der Waals surface area contributed by atoms with Gasteiger partial charge in [0.25, 0.3) is 0 Å². The van der Waals surface area contributed by atoms with E-state index in [1.54, 1.807) is 19.2 Å². The summed E-state index contributed by atoms with van der Waals surface area (Å²) < 4.78 is 7.24. The zero-order valence-corrected chi connectivity index (χ0v) is 14.2. The van der Waals surface area contributed by atoms with Gasteiger partial charge in [-0.25, -0.2) is 4.98 Å². The molecule has 7 heteroatoms. The fourth-order valence-corrected chi connectivity index (χ4v) is 2.42. The third-order valence-electron chi connectivity index (χ3n) is 3.44. The largest absolute Gasteiger partial charge is 0.495 e. The molecule has 1 aromatic heterocycles. The number of halogens is 1. The van der Waals surface area contributed by atoms with E-state index in [1.807, 2.05) is 25.4 Å². The normalized spacial score (nSPS) is 11.5. The summed E-state index contributed by atoms with van der Waals surface area (Å²) in [5.74, 6) is 2.04. The number of nitrogens with zero attached hydrogens (tertiary/aromatic N) is 3. The quantitative estimate of drug-likeness (QED) is 0.463. The molecular formula is C16H22ClN5O. The van der Waals surface area contributed by atoms with Crippen LogP contribution in [-0.4, -0.2) is 29.2 Å². The first-order valence-corrected chi connectivity index (χ1v) is 7.86. The zero-order valence-electron chi connectivity index (χ0n) is 13.4. The number of unbranched alkanes of at least 4 members (excludes halogenated alkanes) is 1. The standard InChI is InChI=1S/C16H22ClN5O/c1-12-19-8-10-22(12)9-4-3-7-20-16(18)21-13-5-6-15(23-2)14(17)11-13/h5-6,8,10-11H,3-4,7,9H2,1-2H3,(H3,18,20,21). The molecule has 0 atom stereocenters. The first-order valence-electron chi connectivity index (χ1n) is 7.48. The number of aryl methyl sites for hydroxylation is 2. The van der Waals surface area contributed by atoms with Gasteiger partial charge in [-0.05, 0) is 38.0 Å². The summed E-state index contributed by atoms with van der Waals surface area (Å²) in [6.07, 6.45) is 5.79. The van der Waals surface area contributed by atoms with Gasteiger partial charge >= 0.3 is 0 Å². The number of nitrogens with two attached hydrogens (primary N) is 1. The molecule has 6 nitrogen and oxygen atoms in total. The fourth-order valence-electron chi connectivity index (χ4n) is 2.17. The van der Waals surface area contributed by atoms with Crippen LogP contribution in [0.5, 0.6) is 5.75 Å². The lowest BCUT2D eigenvalue weighted by molar-refractivity contribution is 0.415. The second-order valence-electron chi connectivity index (χ2n) is 5.12. The molecule has 0 radical (unpaired) electrons. The Morgan fingerprint density at radius 2 is 2.26 bits per heavy atom. The van der Waals surface area contributed by atoms with Gasteiger partial charge in [0, 0.05) is 31.2 Å². The van der Waals surface area contributed by atoms with Gasteiger partial charge in [-0.2, -0.15) is 0 Å². The van der Waals surface area contributed by atoms with Crippen molar-refractivity contribution in [1.29, 1.82) is 0 Å². The van der Waals surface area contributed by atoms with E-state index < -0.39 is 0 Å². The Bertz CT molecular complexity index is 668. The number of benzene rings is 1. The molecular weight excluding hydrogens is 314 g/mol. The molecule has 1 heterocycles. The lowest BCUT2D eigenvalue weighted by Crippen LogP contribution is -2.22. The van der Waals surface area contributed by atoms with Gasteiger partial charge in [0.1, 0.15) is 11.6 Å². The number of aromatic nitrogens is 2. The highest BCUT2D eigenvalue weighted by Gasteiger charge is 2.02. The Kier molecular flexibility index (Phi) is 6.29. The van der Waals surface area contributed by atoms with Crippen LogP contribution in [0.15, 0.2) is 35.6 Å². The van der Waals surface area contributed by atoms with Gasteiger partial charge in [-0.1, -0.05) is 11.6 Å². The average Bonchev–Trinajstić information content (AvgIpc) is 2.92. The number of guanidine groups is 1. The Balaban J connectivity index is 1.75. The SMILES string of the molecule is COc1ccc(NC(N)=NCCCCn2ccnc2C)cc1Cl. The lowest BCUT2D eigenvalue weighted by Gasteiger charge is -2.08. The van der Waals surface area contributed by atoms with Gasteiger partial charge in [0.15, 0.2) is 5.96 Å². The summed E-state index contributed by atoms with van der Waals surface area (Å²) >= 11 is 6.07. The van der Waals surface area contributed by atoms with E-state index in [0.717, 1.165) is 30.9 Å². The van der Waals surface area contributed by atoms with Gasteiger partial charge < -0.3 is 20.4 Å². The van der Waals surface area contributed by atoms with Crippen LogP contribution in [0.1, 0.15) is 18.7 Å². The Labute approximate surface area is 141 Å².